The Bertz CT molecular complexity index is 999. The summed E-state index contributed by atoms with van der Waals surface area (Å²) < 4.78 is 46.8. The Balaban J connectivity index is 1.59. The van der Waals surface area contributed by atoms with E-state index >= 15 is 0 Å². The third-order valence-corrected chi connectivity index (χ3v) is 5.01. The molecular weight excluding hydrogens is 369 g/mol. The van der Waals surface area contributed by atoms with Gasteiger partial charge in [0.1, 0.15) is 0 Å². The zero-order chi connectivity index (χ0) is 19.9. The maximum atomic E-state index is 13.0. The maximum absolute atomic E-state index is 13.0. The third kappa shape index (κ3) is 3.69. The van der Waals surface area contributed by atoms with Gasteiger partial charge in [0.05, 0.1) is 36.0 Å². The van der Waals surface area contributed by atoms with E-state index in [0.717, 1.165) is 29.2 Å². The van der Waals surface area contributed by atoms with Gasteiger partial charge < -0.3 is 9.64 Å². The Kier molecular flexibility index (Phi) is 4.74. The minimum Gasteiger partial charge on any atom is -0.373 e. The largest absolute Gasteiger partial charge is 0.416 e. The van der Waals surface area contributed by atoms with E-state index in [1.54, 1.807) is 6.20 Å². The number of rotatable bonds is 3. The SMILES string of the molecule is Cc1cc(C)n(CC2CN(c3ccnc4cc(C(F)(F)F)ccc34)CCO2)n1. The van der Waals surface area contributed by atoms with Crippen molar-refractivity contribution in [3.8, 4) is 0 Å². The summed E-state index contributed by atoms with van der Waals surface area (Å²) in [5.74, 6) is 0. The number of fused-ring (bicyclic) bond motifs is 1. The zero-order valence-electron chi connectivity index (χ0n) is 15.7. The van der Waals surface area contributed by atoms with Gasteiger partial charge in [-0.3, -0.25) is 9.67 Å². The van der Waals surface area contributed by atoms with E-state index in [-0.39, 0.29) is 6.10 Å². The van der Waals surface area contributed by atoms with Gasteiger partial charge in [-0.2, -0.15) is 18.3 Å². The maximum Gasteiger partial charge on any atom is 0.416 e. The second kappa shape index (κ2) is 7.09. The van der Waals surface area contributed by atoms with Crippen molar-refractivity contribution in [1.29, 1.82) is 0 Å². The molecule has 2 aromatic heterocycles. The first-order valence-electron chi connectivity index (χ1n) is 9.15. The Morgan fingerprint density at radius 2 is 2.00 bits per heavy atom. The van der Waals surface area contributed by atoms with Crippen molar-refractivity contribution in [3.05, 3.63) is 53.5 Å². The molecule has 28 heavy (non-hydrogen) atoms. The lowest BCUT2D eigenvalue weighted by atomic mass is 10.1. The highest BCUT2D eigenvalue weighted by Gasteiger charge is 2.31. The van der Waals surface area contributed by atoms with Crippen molar-refractivity contribution >= 4 is 16.6 Å². The first kappa shape index (κ1) is 18.7. The molecule has 8 heteroatoms. The number of ether oxygens (including phenoxy) is 1. The minimum atomic E-state index is -4.38. The molecule has 1 aliphatic rings. The lowest BCUT2D eigenvalue weighted by Gasteiger charge is -2.35. The number of hydrogen-bond acceptors (Lipinski definition) is 4. The van der Waals surface area contributed by atoms with Crippen molar-refractivity contribution in [2.75, 3.05) is 24.6 Å². The van der Waals surface area contributed by atoms with Crippen LogP contribution < -0.4 is 4.90 Å². The molecule has 1 atom stereocenters. The highest BCUT2D eigenvalue weighted by molar-refractivity contribution is 5.92. The van der Waals surface area contributed by atoms with E-state index in [0.29, 0.717) is 37.1 Å². The fourth-order valence-electron chi connectivity index (χ4n) is 3.69. The Morgan fingerprint density at radius 3 is 2.71 bits per heavy atom. The number of benzene rings is 1. The van der Waals surface area contributed by atoms with Crippen LogP contribution in [0.5, 0.6) is 0 Å². The minimum absolute atomic E-state index is 0.0515. The van der Waals surface area contributed by atoms with E-state index < -0.39 is 11.7 Å². The molecule has 3 aromatic rings. The van der Waals surface area contributed by atoms with Crippen LogP contribution in [0, 0.1) is 13.8 Å². The second-order valence-electron chi connectivity index (χ2n) is 7.11. The first-order chi connectivity index (χ1) is 13.3. The molecular formula is C20H21F3N4O. The number of pyridine rings is 1. The van der Waals surface area contributed by atoms with Gasteiger partial charge in [0.2, 0.25) is 0 Å². The van der Waals surface area contributed by atoms with Crippen LogP contribution in [-0.2, 0) is 17.5 Å². The van der Waals surface area contributed by atoms with E-state index in [9.17, 15) is 13.2 Å². The Morgan fingerprint density at radius 1 is 1.18 bits per heavy atom. The van der Waals surface area contributed by atoms with Crippen LogP contribution in [0.25, 0.3) is 10.9 Å². The van der Waals surface area contributed by atoms with Crippen molar-refractivity contribution in [3.63, 3.8) is 0 Å². The molecule has 0 aliphatic carbocycles. The lowest BCUT2D eigenvalue weighted by molar-refractivity contribution is -0.137. The first-order valence-corrected chi connectivity index (χ1v) is 9.15. The van der Waals surface area contributed by atoms with Crippen LogP contribution in [0.3, 0.4) is 0 Å². The van der Waals surface area contributed by atoms with Gasteiger partial charge in [-0.05, 0) is 38.1 Å². The van der Waals surface area contributed by atoms with E-state index in [2.05, 4.69) is 15.0 Å². The van der Waals surface area contributed by atoms with Crippen LogP contribution in [0.4, 0.5) is 18.9 Å². The summed E-state index contributed by atoms with van der Waals surface area (Å²) in [5, 5.41) is 5.20. The molecule has 4 rings (SSSR count). The molecule has 1 unspecified atom stereocenters. The summed E-state index contributed by atoms with van der Waals surface area (Å²) in [6.07, 6.45) is -2.87. The summed E-state index contributed by atoms with van der Waals surface area (Å²) >= 11 is 0. The van der Waals surface area contributed by atoms with Gasteiger partial charge in [0.25, 0.3) is 0 Å². The van der Waals surface area contributed by atoms with E-state index in [1.165, 1.54) is 6.07 Å². The quantitative estimate of drug-likeness (QED) is 0.679. The van der Waals surface area contributed by atoms with Crippen LogP contribution in [0.1, 0.15) is 17.0 Å². The molecule has 1 saturated heterocycles. The molecule has 0 spiro atoms. The summed E-state index contributed by atoms with van der Waals surface area (Å²) in [4.78, 5) is 6.29. The summed E-state index contributed by atoms with van der Waals surface area (Å²) in [5.41, 5.74) is 2.57. The molecule has 1 aromatic carbocycles. The molecule has 1 aliphatic heterocycles. The van der Waals surface area contributed by atoms with Crippen molar-refractivity contribution in [1.82, 2.24) is 14.8 Å². The zero-order valence-corrected chi connectivity index (χ0v) is 15.7. The molecule has 3 heterocycles. The highest BCUT2D eigenvalue weighted by Crippen LogP contribution is 2.34. The number of nitrogens with zero attached hydrogens (tertiary/aromatic N) is 4. The van der Waals surface area contributed by atoms with Gasteiger partial charge >= 0.3 is 6.18 Å². The molecule has 148 valence electrons. The number of alkyl halides is 3. The number of aromatic nitrogens is 3. The van der Waals surface area contributed by atoms with Gasteiger partial charge in [-0.25, -0.2) is 0 Å². The molecule has 0 saturated carbocycles. The fourth-order valence-corrected chi connectivity index (χ4v) is 3.69. The summed E-state index contributed by atoms with van der Waals surface area (Å²) in [6.45, 7) is 6.46. The van der Waals surface area contributed by atoms with Gasteiger partial charge in [0.15, 0.2) is 0 Å². The van der Waals surface area contributed by atoms with Crippen LogP contribution in [0.15, 0.2) is 36.5 Å². The van der Waals surface area contributed by atoms with Gasteiger partial charge in [-0.15, -0.1) is 0 Å². The highest BCUT2D eigenvalue weighted by atomic mass is 19.4. The number of anilines is 1. The normalized spacial score (nSPS) is 18.0. The number of aryl methyl sites for hydroxylation is 2. The smallest absolute Gasteiger partial charge is 0.373 e. The van der Waals surface area contributed by atoms with Crippen molar-refractivity contribution in [2.45, 2.75) is 32.7 Å². The summed E-state index contributed by atoms with van der Waals surface area (Å²) in [6, 6.07) is 7.59. The van der Waals surface area contributed by atoms with Crippen LogP contribution in [-0.4, -0.2) is 40.6 Å². The standard InChI is InChI=1S/C20H21F3N4O/c1-13-9-14(2)27(25-13)12-16-11-26(7-8-28-16)19-5-6-24-18-10-15(20(21,22)23)3-4-17(18)19/h3-6,9-10,16H,7-8,11-12H2,1-2H3. The average molecular weight is 390 g/mol. The van der Waals surface area contributed by atoms with Gasteiger partial charge in [0, 0.05) is 36.1 Å². The molecule has 0 N–H and O–H groups in total. The predicted octanol–water partition coefficient (Wildman–Crippen LogP) is 3.97. The Hall–Kier alpha value is -2.61. The second-order valence-corrected chi connectivity index (χ2v) is 7.11. The number of morpholine rings is 1. The average Bonchev–Trinajstić information content (AvgIpc) is 2.97. The van der Waals surface area contributed by atoms with Crippen LogP contribution in [0.2, 0.25) is 0 Å². The van der Waals surface area contributed by atoms with Crippen molar-refractivity contribution in [2.24, 2.45) is 0 Å². The third-order valence-electron chi connectivity index (χ3n) is 5.01. The molecule has 0 bridgehead atoms. The van der Waals surface area contributed by atoms with Gasteiger partial charge in [-0.1, -0.05) is 6.07 Å². The van der Waals surface area contributed by atoms with E-state index in [1.807, 2.05) is 30.7 Å². The Labute approximate surface area is 160 Å². The number of hydrogen-bond donors (Lipinski definition) is 0. The lowest BCUT2D eigenvalue weighted by Crippen LogP contribution is -2.44. The molecule has 0 amide bonds. The predicted molar refractivity (Wildman–Crippen MR) is 100 cm³/mol. The summed E-state index contributed by atoms with van der Waals surface area (Å²) in [7, 11) is 0. The molecule has 5 nitrogen and oxygen atoms in total. The van der Waals surface area contributed by atoms with E-state index in [4.69, 9.17) is 4.74 Å². The number of halogens is 3. The molecule has 0 radical (unpaired) electrons. The van der Waals surface area contributed by atoms with Crippen molar-refractivity contribution < 1.29 is 17.9 Å². The fraction of sp³-hybridized carbons (Fsp3) is 0.400. The topological polar surface area (TPSA) is 43.2 Å². The molecule has 1 fully saturated rings. The van der Waals surface area contributed by atoms with Crippen LogP contribution >= 0.6 is 0 Å². The monoisotopic (exact) mass is 390 g/mol.